The molecule has 1 aliphatic rings. The lowest BCUT2D eigenvalue weighted by atomic mass is 9.81. The molecular weight excluding hydrogens is 841 g/mol. The molecule has 2 heterocycles. The lowest BCUT2D eigenvalue weighted by Crippen LogP contribution is -2.18. The maximum Gasteiger partial charge on any atom is 0.160 e. The number of hydrogen-bond acceptors (Lipinski definition) is 4. The molecule has 0 aliphatic heterocycles. The minimum absolute atomic E-state index is 0.380. The summed E-state index contributed by atoms with van der Waals surface area (Å²) in [5.74, 6) is 0. The van der Waals surface area contributed by atoms with Crippen LogP contribution < -0.4 is 9.80 Å². The summed E-state index contributed by atoms with van der Waals surface area (Å²) in [7, 11) is 0. The Hall–Kier alpha value is -8.60. The Morgan fingerprint density at radius 3 is 1.41 bits per heavy atom. The normalized spacial score (nSPS) is 13.0. The fourth-order valence-electron chi connectivity index (χ4n) is 11.7. The van der Waals surface area contributed by atoms with Gasteiger partial charge in [-0.15, -0.1) is 0 Å². The van der Waals surface area contributed by atoms with E-state index in [0.29, 0.717) is 0 Å². The van der Waals surface area contributed by atoms with E-state index in [4.69, 9.17) is 8.83 Å². The minimum atomic E-state index is -0.380. The molecule has 0 N–H and O–H groups in total. The fourth-order valence-corrected chi connectivity index (χ4v) is 11.7. The predicted molar refractivity (Wildman–Crippen MR) is 290 cm³/mol. The van der Waals surface area contributed by atoms with E-state index in [1.165, 1.54) is 54.6 Å². The average Bonchev–Trinajstić information content (AvgIpc) is 4.05. The molecule has 2 aromatic heterocycles. The van der Waals surface area contributed by atoms with E-state index in [9.17, 15) is 0 Å². The summed E-state index contributed by atoms with van der Waals surface area (Å²) in [5.41, 5.74) is 16.9. The Morgan fingerprint density at radius 2 is 0.826 bits per heavy atom. The Labute approximate surface area is 399 Å². The third kappa shape index (κ3) is 5.69. The average molecular weight is 887 g/mol. The van der Waals surface area contributed by atoms with Crippen molar-refractivity contribution in [3.63, 3.8) is 0 Å². The van der Waals surface area contributed by atoms with Gasteiger partial charge in [0, 0.05) is 49.4 Å². The number of aryl methyl sites for hydroxylation is 2. The molecule has 1 aliphatic carbocycles. The molecule has 4 nitrogen and oxygen atoms in total. The molecule has 328 valence electrons. The van der Waals surface area contributed by atoms with Gasteiger partial charge in [0.05, 0.1) is 17.1 Å². The number of para-hydroxylation sites is 4. The van der Waals surface area contributed by atoms with Gasteiger partial charge in [-0.3, -0.25) is 0 Å². The molecule has 13 aromatic rings. The molecule has 0 fully saturated rings. The summed E-state index contributed by atoms with van der Waals surface area (Å²) in [4.78, 5) is 4.84. The number of fused-ring (bicyclic) bond motifs is 15. The topological polar surface area (TPSA) is 32.8 Å². The first-order valence-corrected chi connectivity index (χ1v) is 23.9. The van der Waals surface area contributed by atoms with E-state index < -0.39 is 0 Å². The highest BCUT2D eigenvalue weighted by atomic mass is 16.3. The largest absolute Gasteiger partial charge is 0.454 e. The van der Waals surface area contributed by atoms with Crippen molar-refractivity contribution in [3.05, 3.63) is 229 Å². The molecule has 0 unspecified atom stereocenters. The Morgan fingerprint density at radius 1 is 0.348 bits per heavy atom. The number of anilines is 6. The van der Waals surface area contributed by atoms with Gasteiger partial charge in [-0.2, -0.15) is 0 Å². The second-order valence-electron chi connectivity index (χ2n) is 19.3. The lowest BCUT2D eigenvalue weighted by molar-refractivity contribution is 0.660. The first-order valence-electron chi connectivity index (χ1n) is 23.9. The third-order valence-electron chi connectivity index (χ3n) is 15.0. The molecule has 0 bridgehead atoms. The maximum absolute atomic E-state index is 7.07. The minimum Gasteiger partial charge on any atom is -0.454 e. The van der Waals surface area contributed by atoms with E-state index in [2.05, 4.69) is 244 Å². The second-order valence-corrected chi connectivity index (χ2v) is 19.3. The van der Waals surface area contributed by atoms with Gasteiger partial charge in [-0.1, -0.05) is 166 Å². The summed E-state index contributed by atoms with van der Waals surface area (Å²) in [6.45, 7) is 9.07. The van der Waals surface area contributed by atoms with Crippen molar-refractivity contribution in [1.82, 2.24) is 0 Å². The number of nitrogens with zero attached hydrogens (tertiary/aromatic N) is 2. The SMILES string of the molecule is Cc1cccc2c1oc1c(N(c3ccccc3)c3ccc4c(c3)C(C)(C)c3cc(N(c5ccccc5)c5cc6ccccc6c6c5oc5c(C)cccc56)c5ccccc5c3-4)cc3ccccc3c12. The molecule has 69 heavy (non-hydrogen) atoms. The highest BCUT2D eigenvalue weighted by molar-refractivity contribution is 6.25. The molecule has 0 atom stereocenters. The van der Waals surface area contributed by atoms with Gasteiger partial charge in [-0.05, 0) is 129 Å². The number of benzene rings is 11. The zero-order valence-corrected chi connectivity index (χ0v) is 38.8. The zero-order chi connectivity index (χ0) is 46.1. The van der Waals surface area contributed by atoms with Crippen LogP contribution in [0.3, 0.4) is 0 Å². The second kappa shape index (κ2) is 14.7. The molecular formula is C65H46N2O2. The number of furan rings is 2. The standard InChI is InChI=1S/C65H46N2O2/c1-39-19-17-31-51-59-46-27-13-11-21-41(46)35-56(63(59)68-61(39)51)66(43-23-7-5-8-24-43)45-33-34-50-53(37-45)65(3,4)54-38-55(48-29-15-16-30-49(48)58(50)54)67(44-25-9-6-10-26-44)57-36-42-22-12-14-28-47(42)60-52-32-18-20-40(2)62(52)69-64(57)60/h5-38H,1-4H3. The van der Waals surface area contributed by atoms with E-state index in [1.807, 2.05) is 0 Å². The van der Waals surface area contributed by atoms with Crippen molar-refractivity contribution in [2.75, 3.05) is 9.80 Å². The number of hydrogen-bond donors (Lipinski definition) is 0. The molecule has 0 saturated carbocycles. The molecule has 4 heteroatoms. The Balaban J connectivity index is 1.01. The van der Waals surface area contributed by atoms with Crippen molar-refractivity contribution in [2.45, 2.75) is 33.1 Å². The van der Waals surface area contributed by atoms with E-state index >= 15 is 0 Å². The quantitative estimate of drug-likeness (QED) is 0.167. The first kappa shape index (κ1) is 39.6. The van der Waals surface area contributed by atoms with Crippen molar-refractivity contribution in [2.24, 2.45) is 0 Å². The van der Waals surface area contributed by atoms with Gasteiger partial charge in [-0.25, -0.2) is 0 Å². The van der Waals surface area contributed by atoms with Gasteiger partial charge in [0.1, 0.15) is 11.2 Å². The molecule has 11 aromatic carbocycles. The van der Waals surface area contributed by atoms with Crippen LogP contribution >= 0.6 is 0 Å². The van der Waals surface area contributed by atoms with Crippen molar-refractivity contribution in [3.8, 4) is 11.1 Å². The third-order valence-corrected chi connectivity index (χ3v) is 15.0. The Kier molecular flexibility index (Phi) is 8.43. The smallest absolute Gasteiger partial charge is 0.160 e. The van der Waals surface area contributed by atoms with Crippen molar-refractivity contribution in [1.29, 1.82) is 0 Å². The highest BCUT2D eigenvalue weighted by Crippen LogP contribution is 2.57. The first-order chi connectivity index (χ1) is 33.8. The summed E-state index contributed by atoms with van der Waals surface area (Å²) in [6, 6.07) is 75.1. The van der Waals surface area contributed by atoms with Crippen molar-refractivity contribution >= 4 is 110 Å². The molecule has 0 spiro atoms. The van der Waals surface area contributed by atoms with Gasteiger partial charge < -0.3 is 18.6 Å². The van der Waals surface area contributed by atoms with Crippen LogP contribution in [0.25, 0.3) is 87.3 Å². The maximum atomic E-state index is 7.07. The van der Waals surface area contributed by atoms with Crippen LogP contribution in [-0.2, 0) is 5.41 Å². The summed E-state index contributed by atoms with van der Waals surface area (Å²) in [5, 5.41) is 11.6. The fraction of sp³-hybridized carbons (Fsp3) is 0.0769. The van der Waals surface area contributed by atoms with Crippen LogP contribution in [0.15, 0.2) is 215 Å². The van der Waals surface area contributed by atoms with Crippen molar-refractivity contribution < 1.29 is 8.83 Å². The van der Waals surface area contributed by atoms with Crippen LogP contribution in [0.5, 0.6) is 0 Å². The van der Waals surface area contributed by atoms with Crippen LogP contribution in [0, 0.1) is 13.8 Å². The molecule has 0 amide bonds. The molecule has 0 saturated heterocycles. The van der Waals surface area contributed by atoms with Gasteiger partial charge in [0.15, 0.2) is 11.2 Å². The monoisotopic (exact) mass is 886 g/mol. The lowest BCUT2D eigenvalue weighted by Gasteiger charge is -2.30. The van der Waals surface area contributed by atoms with Crippen LogP contribution in [0.1, 0.15) is 36.1 Å². The van der Waals surface area contributed by atoms with Crippen LogP contribution in [0.4, 0.5) is 34.1 Å². The zero-order valence-electron chi connectivity index (χ0n) is 38.8. The predicted octanol–water partition coefficient (Wildman–Crippen LogP) is 18.8. The highest BCUT2D eigenvalue weighted by Gasteiger charge is 2.39. The van der Waals surface area contributed by atoms with E-state index in [1.54, 1.807) is 0 Å². The van der Waals surface area contributed by atoms with Crippen LogP contribution in [0.2, 0.25) is 0 Å². The number of rotatable bonds is 6. The molecule has 0 radical (unpaired) electrons. The van der Waals surface area contributed by atoms with Gasteiger partial charge >= 0.3 is 0 Å². The molecule has 14 rings (SSSR count). The Bertz CT molecular complexity index is 4260. The summed E-state index contributed by atoms with van der Waals surface area (Å²) in [6.07, 6.45) is 0. The van der Waals surface area contributed by atoms with Gasteiger partial charge in [0.25, 0.3) is 0 Å². The van der Waals surface area contributed by atoms with Gasteiger partial charge in [0.2, 0.25) is 0 Å². The van der Waals surface area contributed by atoms with E-state index in [0.717, 1.165) is 89.1 Å². The summed E-state index contributed by atoms with van der Waals surface area (Å²) < 4.78 is 14.1. The van der Waals surface area contributed by atoms with E-state index in [-0.39, 0.29) is 5.41 Å². The summed E-state index contributed by atoms with van der Waals surface area (Å²) >= 11 is 0. The van der Waals surface area contributed by atoms with Crippen LogP contribution in [-0.4, -0.2) is 0 Å².